The summed E-state index contributed by atoms with van der Waals surface area (Å²) in [5.74, 6) is 0. The summed E-state index contributed by atoms with van der Waals surface area (Å²) in [7, 11) is -1.79. The lowest BCUT2D eigenvalue weighted by molar-refractivity contribution is -0.180. The third-order valence-corrected chi connectivity index (χ3v) is 4.80. The summed E-state index contributed by atoms with van der Waals surface area (Å²) >= 11 is 0. The molecule has 0 bridgehead atoms. The fraction of sp³-hybridized carbons (Fsp3) is 1.00. The van der Waals surface area contributed by atoms with Crippen molar-refractivity contribution < 1.29 is 17.9 Å². The molecule has 0 fully saturated rings. The number of sulfonamides is 1. The summed E-state index contributed by atoms with van der Waals surface area (Å²) in [4.78, 5) is 0. The smallest absolute Gasteiger partial charge is 0.211 e. The summed E-state index contributed by atoms with van der Waals surface area (Å²) in [5, 5.41) is 0. The summed E-state index contributed by atoms with van der Waals surface area (Å²) in [6, 6.07) is 0. The Hall–Kier alpha value is -0.170. The van der Waals surface area contributed by atoms with Crippen LogP contribution < -0.4 is 0 Å². The molecule has 0 aromatic rings. The van der Waals surface area contributed by atoms with Gasteiger partial charge in [-0.3, -0.25) is 0 Å². The molecule has 0 heterocycles. The minimum absolute atomic E-state index is 0.0333. The van der Waals surface area contributed by atoms with Gasteiger partial charge in [0.2, 0.25) is 10.0 Å². The molecular formula is C14H31NO4S. The molecular weight excluding hydrogens is 278 g/mol. The minimum Gasteiger partial charge on any atom is -0.354 e. The molecule has 0 aliphatic carbocycles. The fourth-order valence-corrected chi connectivity index (χ4v) is 3.03. The molecule has 0 aromatic carbocycles. The van der Waals surface area contributed by atoms with E-state index in [2.05, 4.69) is 20.8 Å². The maximum Gasteiger partial charge on any atom is 0.211 e. The van der Waals surface area contributed by atoms with Gasteiger partial charge in [0.25, 0.3) is 0 Å². The van der Waals surface area contributed by atoms with Crippen LogP contribution in [0.1, 0.15) is 48.5 Å². The third kappa shape index (κ3) is 6.52. The normalized spacial score (nSPS) is 17.3. The number of rotatable bonds is 6. The van der Waals surface area contributed by atoms with Crippen molar-refractivity contribution in [3.8, 4) is 0 Å². The van der Waals surface area contributed by atoms with E-state index in [4.69, 9.17) is 9.47 Å². The van der Waals surface area contributed by atoms with Gasteiger partial charge in [0.05, 0.1) is 18.9 Å². The van der Waals surface area contributed by atoms with Crippen LogP contribution in [0, 0.1) is 5.41 Å². The molecule has 122 valence electrons. The van der Waals surface area contributed by atoms with Crippen LogP contribution in [0.4, 0.5) is 0 Å². The van der Waals surface area contributed by atoms with Gasteiger partial charge < -0.3 is 9.47 Å². The molecule has 0 amide bonds. The molecule has 20 heavy (non-hydrogen) atoms. The van der Waals surface area contributed by atoms with Crippen LogP contribution in [-0.2, 0) is 19.5 Å². The Morgan fingerprint density at radius 3 is 1.80 bits per heavy atom. The van der Waals surface area contributed by atoms with Gasteiger partial charge >= 0.3 is 0 Å². The zero-order chi connectivity index (χ0) is 16.4. The van der Waals surface area contributed by atoms with E-state index >= 15 is 0 Å². The Kier molecular flexibility index (Phi) is 6.67. The summed E-state index contributed by atoms with van der Waals surface area (Å²) < 4.78 is 36.4. The van der Waals surface area contributed by atoms with Crippen molar-refractivity contribution >= 4 is 10.0 Å². The molecule has 5 nitrogen and oxygen atoms in total. The molecule has 0 saturated carbocycles. The zero-order valence-corrected chi connectivity index (χ0v) is 15.2. The summed E-state index contributed by atoms with van der Waals surface area (Å²) in [6.45, 7) is 13.9. The first-order valence-corrected chi connectivity index (χ1v) is 8.70. The van der Waals surface area contributed by atoms with E-state index in [9.17, 15) is 8.42 Å². The molecule has 1 unspecified atom stereocenters. The molecule has 0 saturated heterocycles. The molecule has 2 atom stereocenters. The number of nitrogens with zero attached hydrogens (tertiary/aromatic N) is 1. The highest BCUT2D eigenvalue weighted by molar-refractivity contribution is 7.88. The first kappa shape index (κ1) is 19.8. The number of hydrogen-bond acceptors (Lipinski definition) is 4. The first-order chi connectivity index (χ1) is 8.69. The van der Waals surface area contributed by atoms with Crippen molar-refractivity contribution in [2.75, 3.05) is 19.9 Å². The average molecular weight is 309 g/mol. The average Bonchev–Trinajstić information content (AvgIpc) is 2.18. The molecule has 0 radical (unpaired) electrons. The summed E-state index contributed by atoms with van der Waals surface area (Å²) in [6.07, 6.45) is 0.574. The van der Waals surface area contributed by atoms with Gasteiger partial charge in [0.1, 0.15) is 0 Å². The van der Waals surface area contributed by atoms with E-state index in [0.29, 0.717) is 0 Å². The Morgan fingerprint density at radius 1 is 1.10 bits per heavy atom. The molecule has 0 N–H and O–H groups in total. The highest BCUT2D eigenvalue weighted by atomic mass is 32.2. The lowest BCUT2D eigenvalue weighted by Crippen LogP contribution is -2.50. The Labute approximate surface area is 124 Å². The Balaban J connectivity index is 5.02. The van der Waals surface area contributed by atoms with Crippen LogP contribution in [-0.4, -0.2) is 50.6 Å². The SMILES string of the molecule is CO[C@H](CN(C(C)(C)C)S(C)(=O)=O)OC(C)C(C)(C)C. The van der Waals surface area contributed by atoms with Crippen molar-refractivity contribution in [2.45, 2.75) is 66.4 Å². The number of methoxy groups -OCH3 is 1. The largest absolute Gasteiger partial charge is 0.354 e. The lowest BCUT2D eigenvalue weighted by atomic mass is 9.90. The van der Waals surface area contributed by atoms with Crippen molar-refractivity contribution in [1.82, 2.24) is 4.31 Å². The van der Waals surface area contributed by atoms with Crippen molar-refractivity contribution in [3.63, 3.8) is 0 Å². The van der Waals surface area contributed by atoms with Gasteiger partial charge in [-0.2, -0.15) is 4.31 Å². The second-order valence-corrected chi connectivity index (χ2v) is 9.18. The van der Waals surface area contributed by atoms with Crippen molar-refractivity contribution in [2.24, 2.45) is 5.41 Å². The predicted octanol–water partition coefficient (Wildman–Crippen LogP) is 2.47. The fourth-order valence-electron chi connectivity index (χ4n) is 1.65. The topological polar surface area (TPSA) is 55.8 Å². The zero-order valence-electron chi connectivity index (χ0n) is 14.4. The molecule has 0 aromatic heterocycles. The van der Waals surface area contributed by atoms with Gasteiger partial charge in [-0.1, -0.05) is 20.8 Å². The molecule has 0 spiro atoms. The van der Waals surface area contributed by atoms with E-state index in [1.54, 1.807) is 0 Å². The Bertz CT molecular complexity index is 392. The monoisotopic (exact) mass is 309 g/mol. The van der Waals surface area contributed by atoms with Gasteiger partial charge in [-0.25, -0.2) is 8.42 Å². The highest BCUT2D eigenvalue weighted by Gasteiger charge is 2.33. The second-order valence-electron chi connectivity index (χ2n) is 7.27. The van der Waals surface area contributed by atoms with Crippen LogP contribution in [0.2, 0.25) is 0 Å². The van der Waals surface area contributed by atoms with Crippen LogP contribution in [0.5, 0.6) is 0 Å². The van der Waals surface area contributed by atoms with E-state index in [0.717, 1.165) is 0 Å². The van der Waals surface area contributed by atoms with Crippen LogP contribution in [0.3, 0.4) is 0 Å². The molecule has 6 heteroatoms. The van der Waals surface area contributed by atoms with Crippen molar-refractivity contribution in [1.29, 1.82) is 0 Å². The minimum atomic E-state index is -3.33. The predicted molar refractivity (Wildman–Crippen MR) is 82.1 cm³/mol. The van der Waals surface area contributed by atoms with Crippen LogP contribution in [0.15, 0.2) is 0 Å². The second kappa shape index (κ2) is 6.73. The number of hydrogen-bond donors (Lipinski definition) is 0. The van der Waals surface area contributed by atoms with E-state index in [-0.39, 0.29) is 18.1 Å². The highest BCUT2D eigenvalue weighted by Crippen LogP contribution is 2.25. The Morgan fingerprint density at radius 2 is 1.55 bits per heavy atom. The lowest BCUT2D eigenvalue weighted by Gasteiger charge is -2.37. The maximum atomic E-state index is 11.9. The quantitative estimate of drug-likeness (QED) is 0.707. The van der Waals surface area contributed by atoms with Gasteiger partial charge in [0, 0.05) is 12.6 Å². The standard InChI is InChI=1S/C14H31NO4S/c1-11(13(2,3)4)19-12(18-8)10-15(14(5,6)7)20(9,16)17/h11-12H,10H2,1-9H3/t11?,12-/m0/s1. The van der Waals surface area contributed by atoms with Gasteiger partial charge in [0.15, 0.2) is 6.29 Å². The van der Waals surface area contributed by atoms with Crippen molar-refractivity contribution in [3.05, 3.63) is 0 Å². The van der Waals surface area contributed by atoms with Gasteiger partial charge in [-0.05, 0) is 33.1 Å². The van der Waals surface area contributed by atoms with E-state index < -0.39 is 21.9 Å². The third-order valence-electron chi connectivity index (χ3n) is 3.30. The van der Waals surface area contributed by atoms with Crippen LogP contribution >= 0.6 is 0 Å². The maximum absolute atomic E-state index is 11.9. The number of ether oxygens (including phenoxy) is 2. The van der Waals surface area contributed by atoms with E-state index in [1.165, 1.54) is 17.7 Å². The van der Waals surface area contributed by atoms with Crippen LogP contribution in [0.25, 0.3) is 0 Å². The molecule has 0 aliphatic rings. The molecule has 0 rings (SSSR count). The first-order valence-electron chi connectivity index (χ1n) is 6.85. The van der Waals surface area contributed by atoms with Gasteiger partial charge in [-0.15, -0.1) is 0 Å². The summed E-state index contributed by atoms with van der Waals surface area (Å²) in [5.41, 5.74) is -0.548. The molecule has 0 aliphatic heterocycles. The van der Waals surface area contributed by atoms with E-state index in [1.807, 2.05) is 27.7 Å².